The van der Waals surface area contributed by atoms with Crippen molar-refractivity contribution in [2.24, 2.45) is 0 Å². The van der Waals surface area contributed by atoms with Crippen LogP contribution in [-0.4, -0.2) is 5.11 Å². The van der Waals surface area contributed by atoms with Crippen molar-refractivity contribution in [3.05, 3.63) is 70.8 Å². The maximum absolute atomic E-state index is 15.3. The van der Waals surface area contributed by atoms with E-state index < -0.39 is 16.9 Å². The summed E-state index contributed by atoms with van der Waals surface area (Å²) in [6.45, 7) is 13.8. The molecule has 0 bridgehead atoms. The molecule has 184 valence electrons. The fraction of sp³-hybridized carbons (Fsp3) is 0.467. The van der Waals surface area contributed by atoms with E-state index in [1.807, 2.05) is 53.7 Å². The number of hydrogen-bond donors (Lipinski definition) is 1. The number of rotatable bonds is 7. The number of halogens is 2. The number of phenols is 1. The Balaban J connectivity index is 1.95. The number of benzene rings is 3. The van der Waals surface area contributed by atoms with Gasteiger partial charge in [0, 0.05) is 11.1 Å². The Labute approximate surface area is 203 Å². The minimum absolute atomic E-state index is 0.0454. The van der Waals surface area contributed by atoms with Crippen LogP contribution in [0, 0.1) is 0 Å². The molecule has 3 aromatic rings. The van der Waals surface area contributed by atoms with Crippen LogP contribution in [0.2, 0.25) is 0 Å². The molecule has 0 heterocycles. The number of ether oxygens (including phenoxy) is 1. The second-order valence-electron chi connectivity index (χ2n) is 11.3. The molecule has 3 rings (SSSR count). The maximum atomic E-state index is 15.3. The zero-order chi connectivity index (χ0) is 25.3. The number of aryl methyl sites for hydroxylation is 1. The smallest absolute Gasteiger partial charge is 0.426 e. The lowest BCUT2D eigenvalue weighted by molar-refractivity contribution is -0.185. The van der Waals surface area contributed by atoms with Crippen LogP contribution in [0.25, 0.3) is 10.8 Å². The largest absolute Gasteiger partial charge is 0.507 e. The second-order valence-corrected chi connectivity index (χ2v) is 11.3. The number of fused-ring (bicyclic) bond motifs is 1. The summed E-state index contributed by atoms with van der Waals surface area (Å²) in [5, 5.41) is 12.6. The summed E-state index contributed by atoms with van der Waals surface area (Å²) in [5.74, 6) is 0.181. The molecule has 34 heavy (non-hydrogen) atoms. The van der Waals surface area contributed by atoms with Gasteiger partial charge in [0.05, 0.1) is 5.56 Å². The molecule has 0 saturated carbocycles. The van der Waals surface area contributed by atoms with E-state index in [1.54, 1.807) is 6.07 Å². The van der Waals surface area contributed by atoms with E-state index in [9.17, 15) is 5.11 Å². The minimum Gasteiger partial charge on any atom is -0.507 e. The number of aromatic hydroxyl groups is 1. The third-order valence-electron chi connectivity index (χ3n) is 6.26. The van der Waals surface area contributed by atoms with Crippen molar-refractivity contribution in [2.45, 2.75) is 91.1 Å². The van der Waals surface area contributed by atoms with Gasteiger partial charge in [-0.1, -0.05) is 85.6 Å². The second kappa shape index (κ2) is 9.56. The van der Waals surface area contributed by atoms with Crippen molar-refractivity contribution in [3.8, 4) is 11.5 Å². The predicted molar refractivity (Wildman–Crippen MR) is 137 cm³/mol. The normalized spacial score (nSPS) is 12.9. The van der Waals surface area contributed by atoms with Gasteiger partial charge in [0.2, 0.25) is 0 Å². The molecule has 0 saturated heterocycles. The first kappa shape index (κ1) is 26.0. The van der Waals surface area contributed by atoms with Crippen LogP contribution in [0.3, 0.4) is 0 Å². The predicted octanol–water partition coefficient (Wildman–Crippen LogP) is 9.00. The highest BCUT2D eigenvalue weighted by Gasteiger charge is 2.36. The fourth-order valence-corrected chi connectivity index (χ4v) is 4.23. The summed E-state index contributed by atoms with van der Waals surface area (Å²) >= 11 is 0. The van der Waals surface area contributed by atoms with Gasteiger partial charge in [0.1, 0.15) is 11.5 Å². The first-order valence-electron chi connectivity index (χ1n) is 12.2. The molecule has 0 aromatic heterocycles. The standard InChI is InChI=1S/C30H38F2O2/c1-8-9-10-11-20-12-13-22-17-23(15-14-21(22)16-20)30(31,32)34-24-18-25(28(2,3)4)27(33)26(19-24)29(5,6)7/h12-19,33H,8-11H2,1-7H3. The van der Waals surface area contributed by atoms with E-state index in [2.05, 4.69) is 13.0 Å². The van der Waals surface area contributed by atoms with Gasteiger partial charge in [-0.05, 0) is 64.3 Å². The van der Waals surface area contributed by atoms with Crippen LogP contribution >= 0.6 is 0 Å². The molecule has 2 nitrogen and oxygen atoms in total. The van der Waals surface area contributed by atoms with Crippen molar-refractivity contribution in [1.29, 1.82) is 0 Å². The lowest BCUT2D eigenvalue weighted by Crippen LogP contribution is -2.23. The Morgan fingerprint density at radius 3 is 1.88 bits per heavy atom. The monoisotopic (exact) mass is 468 g/mol. The van der Waals surface area contributed by atoms with Crippen LogP contribution in [0.4, 0.5) is 8.78 Å². The van der Waals surface area contributed by atoms with E-state index in [0.717, 1.165) is 23.6 Å². The number of hydrogen-bond acceptors (Lipinski definition) is 2. The van der Waals surface area contributed by atoms with Crippen molar-refractivity contribution >= 4 is 10.8 Å². The van der Waals surface area contributed by atoms with Gasteiger partial charge in [-0.25, -0.2) is 0 Å². The van der Waals surface area contributed by atoms with E-state index in [4.69, 9.17) is 4.74 Å². The summed E-state index contributed by atoms with van der Waals surface area (Å²) in [6, 6.07) is 13.7. The van der Waals surface area contributed by atoms with Crippen molar-refractivity contribution in [3.63, 3.8) is 0 Å². The third-order valence-corrected chi connectivity index (χ3v) is 6.26. The summed E-state index contributed by atoms with van der Waals surface area (Å²) in [6.07, 6.45) is 0.964. The highest BCUT2D eigenvalue weighted by atomic mass is 19.3. The van der Waals surface area contributed by atoms with E-state index in [1.165, 1.54) is 42.7 Å². The van der Waals surface area contributed by atoms with E-state index in [-0.39, 0.29) is 17.1 Å². The molecule has 0 aliphatic heterocycles. The highest BCUT2D eigenvalue weighted by Crippen LogP contribution is 2.43. The molecule has 0 aliphatic rings. The molecule has 0 spiro atoms. The molecular formula is C30H38F2O2. The first-order chi connectivity index (χ1) is 15.7. The van der Waals surface area contributed by atoms with Gasteiger partial charge in [-0.2, -0.15) is 8.78 Å². The average Bonchev–Trinajstić information content (AvgIpc) is 2.73. The Kier molecular flexibility index (Phi) is 7.31. The highest BCUT2D eigenvalue weighted by molar-refractivity contribution is 5.84. The van der Waals surface area contributed by atoms with Gasteiger partial charge < -0.3 is 9.84 Å². The molecule has 0 amide bonds. The number of phenolic OH excluding ortho intramolecular Hbond substituents is 1. The molecule has 0 aliphatic carbocycles. The van der Waals surface area contributed by atoms with Crippen LogP contribution in [0.5, 0.6) is 11.5 Å². The SMILES string of the molecule is CCCCCc1ccc2cc(C(F)(F)Oc3cc(C(C)(C)C)c(O)c(C(C)(C)C)c3)ccc2c1. The third kappa shape index (κ3) is 5.89. The quantitative estimate of drug-likeness (QED) is 0.351. The average molecular weight is 469 g/mol. The minimum atomic E-state index is -3.52. The molecule has 1 N–H and O–H groups in total. The van der Waals surface area contributed by atoms with Crippen LogP contribution in [-0.2, 0) is 23.4 Å². The Morgan fingerprint density at radius 1 is 0.765 bits per heavy atom. The Bertz CT molecular complexity index is 1120. The number of alkyl halides is 2. The molecular weight excluding hydrogens is 430 g/mol. The Morgan fingerprint density at radius 2 is 1.32 bits per heavy atom. The van der Waals surface area contributed by atoms with Crippen LogP contribution in [0.1, 0.15) is 90.0 Å². The lowest BCUT2D eigenvalue weighted by atomic mass is 9.79. The van der Waals surface area contributed by atoms with Gasteiger partial charge in [0.15, 0.2) is 0 Å². The maximum Gasteiger partial charge on any atom is 0.426 e. The first-order valence-corrected chi connectivity index (χ1v) is 12.2. The van der Waals surface area contributed by atoms with E-state index >= 15 is 8.78 Å². The Hall–Kier alpha value is -2.62. The van der Waals surface area contributed by atoms with Gasteiger partial charge in [0.25, 0.3) is 0 Å². The molecule has 0 radical (unpaired) electrons. The zero-order valence-electron chi connectivity index (χ0n) is 21.6. The van der Waals surface area contributed by atoms with Crippen LogP contribution < -0.4 is 4.74 Å². The summed E-state index contributed by atoms with van der Waals surface area (Å²) in [7, 11) is 0. The zero-order valence-corrected chi connectivity index (χ0v) is 21.6. The van der Waals surface area contributed by atoms with Gasteiger partial charge >= 0.3 is 6.11 Å². The molecule has 3 aromatic carbocycles. The van der Waals surface area contributed by atoms with Crippen molar-refractivity contribution < 1.29 is 18.6 Å². The van der Waals surface area contributed by atoms with Crippen molar-refractivity contribution in [2.75, 3.05) is 0 Å². The van der Waals surface area contributed by atoms with Crippen molar-refractivity contribution in [1.82, 2.24) is 0 Å². The summed E-state index contributed by atoms with van der Waals surface area (Å²) in [4.78, 5) is 0. The number of unbranched alkanes of at least 4 members (excludes halogenated alkanes) is 2. The van der Waals surface area contributed by atoms with Crippen LogP contribution in [0.15, 0.2) is 48.5 Å². The molecule has 0 atom stereocenters. The fourth-order valence-electron chi connectivity index (χ4n) is 4.23. The van der Waals surface area contributed by atoms with Gasteiger partial charge in [-0.15, -0.1) is 0 Å². The topological polar surface area (TPSA) is 29.5 Å². The summed E-state index contributed by atoms with van der Waals surface area (Å²) in [5.41, 5.74) is 1.33. The summed E-state index contributed by atoms with van der Waals surface area (Å²) < 4.78 is 36.0. The van der Waals surface area contributed by atoms with E-state index in [0.29, 0.717) is 11.1 Å². The molecule has 0 unspecified atom stereocenters. The van der Waals surface area contributed by atoms with Gasteiger partial charge in [-0.3, -0.25) is 0 Å². The lowest BCUT2D eigenvalue weighted by Gasteiger charge is -2.29. The molecule has 0 fully saturated rings. The molecule has 4 heteroatoms.